The van der Waals surface area contributed by atoms with Crippen LogP contribution in [0.5, 0.6) is 0 Å². The van der Waals surface area contributed by atoms with Crippen LogP contribution in [0.1, 0.15) is 0 Å². The summed E-state index contributed by atoms with van der Waals surface area (Å²) in [5.74, 6) is -1.69. The number of hydrogen-bond donors (Lipinski definition) is 3. The number of nitrogens with zero attached hydrogens (tertiary/aromatic N) is 1. The van der Waals surface area contributed by atoms with Crippen molar-refractivity contribution >= 4 is 29.1 Å². The lowest BCUT2D eigenvalue weighted by atomic mass is 10.2. The van der Waals surface area contributed by atoms with Gasteiger partial charge in [0.05, 0.1) is 11.4 Å². The Balaban J connectivity index is 1.66. The number of carbonyl (C=O) groups is 2. The first-order valence-corrected chi connectivity index (χ1v) is 9.32. The summed E-state index contributed by atoms with van der Waals surface area (Å²) in [6, 6.07) is 15.1. The predicted octanol–water partition coefficient (Wildman–Crippen LogP) is 4.96. The predicted molar refractivity (Wildman–Crippen MR) is 113 cm³/mol. The summed E-state index contributed by atoms with van der Waals surface area (Å²) in [5.41, 5.74) is 0.323. The summed E-state index contributed by atoms with van der Waals surface area (Å²) in [7, 11) is 0. The van der Waals surface area contributed by atoms with Crippen LogP contribution < -0.4 is 20.9 Å². The maximum Gasteiger partial charge on any atom is 0.326 e. The number of amides is 4. The van der Waals surface area contributed by atoms with E-state index in [9.17, 15) is 22.8 Å². The van der Waals surface area contributed by atoms with Crippen molar-refractivity contribution < 1.29 is 22.8 Å². The molecule has 3 N–H and O–H groups in total. The Bertz CT molecular complexity index is 1060. The van der Waals surface area contributed by atoms with E-state index in [1.807, 2.05) is 0 Å². The van der Waals surface area contributed by atoms with Crippen molar-refractivity contribution in [1.29, 1.82) is 0 Å². The lowest BCUT2D eigenvalue weighted by molar-refractivity contribution is 0.250. The Kier molecular flexibility index (Phi) is 7.10. The minimum Gasteiger partial charge on any atom is -0.336 e. The van der Waals surface area contributed by atoms with Crippen LogP contribution in [-0.4, -0.2) is 25.2 Å². The second-order valence-electron chi connectivity index (χ2n) is 6.40. The number of anilines is 3. The van der Waals surface area contributed by atoms with Crippen molar-refractivity contribution in [3.63, 3.8) is 0 Å². The van der Waals surface area contributed by atoms with Gasteiger partial charge in [0.2, 0.25) is 0 Å². The molecule has 0 aliphatic carbocycles. The van der Waals surface area contributed by atoms with Crippen LogP contribution in [0.3, 0.4) is 0 Å². The Morgan fingerprint density at radius 3 is 1.87 bits per heavy atom. The molecule has 0 spiro atoms. The summed E-state index contributed by atoms with van der Waals surface area (Å²) in [5, 5.41) is 7.33. The van der Waals surface area contributed by atoms with E-state index in [2.05, 4.69) is 16.0 Å². The van der Waals surface area contributed by atoms with Gasteiger partial charge < -0.3 is 16.0 Å². The van der Waals surface area contributed by atoms with Gasteiger partial charge in [0.15, 0.2) is 0 Å². The maximum absolute atomic E-state index is 13.9. The topological polar surface area (TPSA) is 73.5 Å². The molecule has 6 nitrogen and oxygen atoms in total. The van der Waals surface area contributed by atoms with E-state index in [0.717, 1.165) is 0 Å². The molecule has 0 saturated carbocycles. The van der Waals surface area contributed by atoms with Gasteiger partial charge in [-0.2, -0.15) is 0 Å². The molecule has 0 bridgehead atoms. The smallest absolute Gasteiger partial charge is 0.326 e. The minimum absolute atomic E-state index is 0.00712. The van der Waals surface area contributed by atoms with Gasteiger partial charge in [0, 0.05) is 18.8 Å². The average Bonchev–Trinajstić information content (AvgIpc) is 2.75. The number of carbonyl (C=O) groups excluding carboxylic acids is 2. The fourth-order valence-corrected chi connectivity index (χ4v) is 2.72. The minimum atomic E-state index is -0.673. The molecule has 0 saturated heterocycles. The van der Waals surface area contributed by atoms with E-state index in [0.29, 0.717) is 5.69 Å². The van der Waals surface area contributed by atoms with Crippen molar-refractivity contribution in [3.05, 3.63) is 90.2 Å². The normalized spacial score (nSPS) is 10.3. The molecule has 0 atom stereocenters. The molecule has 0 fully saturated rings. The van der Waals surface area contributed by atoms with E-state index in [1.165, 1.54) is 65.6 Å². The first kappa shape index (κ1) is 21.7. The highest BCUT2D eigenvalue weighted by molar-refractivity contribution is 6.01. The number of para-hydroxylation sites is 2. The monoisotopic (exact) mass is 428 g/mol. The van der Waals surface area contributed by atoms with Gasteiger partial charge in [-0.15, -0.1) is 0 Å². The van der Waals surface area contributed by atoms with Crippen LogP contribution in [-0.2, 0) is 0 Å². The third kappa shape index (κ3) is 5.99. The van der Waals surface area contributed by atoms with Gasteiger partial charge in [-0.1, -0.05) is 24.3 Å². The molecule has 160 valence electrons. The van der Waals surface area contributed by atoms with Gasteiger partial charge in [0.1, 0.15) is 17.5 Å². The molecule has 3 aromatic carbocycles. The molecule has 0 aliphatic rings. The molecule has 0 heterocycles. The van der Waals surface area contributed by atoms with Crippen LogP contribution in [0.2, 0.25) is 0 Å². The lowest BCUT2D eigenvalue weighted by Gasteiger charge is -2.23. The zero-order valence-electron chi connectivity index (χ0n) is 16.2. The summed E-state index contributed by atoms with van der Waals surface area (Å²) >= 11 is 0. The highest BCUT2D eigenvalue weighted by Gasteiger charge is 2.18. The number of benzene rings is 3. The summed E-state index contributed by atoms with van der Waals surface area (Å²) in [6.07, 6.45) is 0. The first-order valence-electron chi connectivity index (χ1n) is 9.32. The van der Waals surface area contributed by atoms with Gasteiger partial charge in [-0.3, -0.25) is 4.90 Å². The Hall–Kier alpha value is -4.01. The molecule has 0 aromatic heterocycles. The van der Waals surface area contributed by atoms with Gasteiger partial charge in [-0.25, -0.2) is 22.8 Å². The van der Waals surface area contributed by atoms with Crippen molar-refractivity contribution in [2.75, 3.05) is 28.6 Å². The van der Waals surface area contributed by atoms with Crippen molar-refractivity contribution in [1.82, 2.24) is 5.32 Å². The highest BCUT2D eigenvalue weighted by atomic mass is 19.1. The molecule has 0 radical (unpaired) electrons. The lowest BCUT2D eigenvalue weighted by Crippen LogP contribution is -2.42. The third-order valence-corrected chi connectivity index (χ3v) is 4.24. The second-order valence-corrected chi connectivity index (χ2v) is 6.40. The van der Waals surface area contributed by atoms with Crippen molar-refractivity contribution in [2.24, 2.45) is 0 Å². The van der Waals surface area contributed by atoms with Crippen molar-refractivity contribution in [2.45, 2.75) is 0 Å². The molecule has 0 unspecified atom stereocenters. The van der Waals surface area contributed by atoms with Gasteiger partial charge >= 0.3 is 12.1 Å². The van der Waals surface area contributed by atoms with Gasteiger partial charge in [-0.05, 0) is 48.5 Å². The van der Waals surface area contributed by atoms with E-state index in [-0.39, 0.29) is 24.5 Å². The molecule has 0 aliphatic heterocycles. The SMILES string of the molecule is O=C(NCCN(C(=O)Nc1ccccc1F)c1ccc(F)cc1)Nc1ccccc1F. The third-order valence-electron chi connectivity index (χ3n) is 4.24. The fraction of sp³-hybridized carbons (Fsp3) is 0.0909. The molecule has 4 amide bonds. The van der Waals surface area contributed by atoms with Crippen LogP contribution in [0.15, 0.2) is 72.8 Å². The van der Waals surface area contributed by atoms with Crippen molar-refractivity contribution in [3.8, 4) is 0 Å². The van der Waals surface area contributed by atoms with Crippen LogP contribution in [0.4, 0.5) is 39.8 Å². The molecule has 31 heavy (non-hydrogen) atoms. The van der Waals surface area contributed by atoms with Crippen LogP contribution in [0, 0.1) is 17.5 Å². The number of halogens is 3. The van der Waals surface area contributed by atoms with E-state index < -0.39 is 29.5 Å². The maximum atomic E-state index is 13.9. The van der Waals surface area contributed by atoms with Crippen LogP contribution >= 0.6 is 0 Å². The zero-order valence-corrected chi connectivity index (χ0v) is 16.2. The number of urea groups is 2. The van der Waals surface area contributed by atoms with E-state index in [1.54, 1.807) is 12.1 Å². The number of nitrogens with one attached hydrogen (secondary N) is 3. The molecule has 3 aromatic rings. The fourth-order valence-electron chi connectivity index (χ4n) is 2.72. The zero-order chi connectivity index (χ0) is 22.2. The summed E-state index contributed by atoms with van der Waals surface area (Å²) in [4.78, 5) is 26.0. The highest BCUT2D eigenvalue weighted by Crippen LogP contribution is 2.18. The molecule has 9 heteroatoms. The number of hydrogen-bond acceptors (Lipinski definition) is 2. The van der Waals surface area contributed by atoms with E-state index >= 15 is 0 Å². The average molecular weight is 428 g/mol. The summed E-state index contributed by atoms with van der Waals surface area (Å²) in [6.45, 7) is -0.0288. The largest absolute Gasteiger partial charge is 0.336 e. The van der Waals surface area contributed by atoms with Gasteiger partial charge in [0.25, 0.3) is 0 Å². The quantitative estimate of drug-likeness (QED) is 0.519. The molecular formula is C22H19F3N4O2. The standard InChI is InChI=1S/C22H19F3N4O2/c23-15-9-11-16(12-10-15)29(22(31)28-20-8-4-2-6-18(20)25)14-13-26-21(30)27-19-7-3-1-5-17(19)24/h1-12H,13-14H2,(H,28,31)(H2,26,27,30). The molecule has 3 rings (SSSR count). The Morgan fingerprint density at radius 2 is 1.29 bits per heavy atom. The number of rotatable bonds is 6. The Morgan fingerprint density at radius 1 is 0.742 bits per heavy atom. The second kappa shape index (κ2) is 10.1. The van der Waals surface area contributed by atoms with E-state index in [4.69, 9.17) is 0 Å². The Labute approximate surface area is 176 Å². The van der Waals surface area contributed by atoms with Crippen LogP contribution in [0.25, 0.3) is 0 Å². The molecular weight excluding hydrogens is 409 g/mol. The summed E-state index contributed by atoms with van der Waals surface area (Å²) < 4.78 is 40.8. The first-order chi connectivity index (χ1) is 14.9.